The van der Waals surface area contributed by atoms with E-state index < -0.39 is 6.09 Å². The van der Waals surface area contributed by atoms with E-state index in [0.29, 0.717) is 31.6 Å². The maximum absolute atomic E-state index is 11.9. The van der Waals surface area contributed by atoms with Crippen LogP contribution in [0.5, 0.6) is 5.75 Å². The summed E-state index contributed by atoms with van der Waals surface area (Å²) in [5.74, 6) is 0.232. The van der Waals surface area contributed by atoms with Gasteiger partial charge in [-0.05, 0) is 29.8 Å². The molecule has 0 aliphatic rings. The molecular formula is C16H10Cl3N3O2S. The Hall–Kier alpha value is -1.86. The number of ether oxygens (including phenoxy) is 1. The molecule has 0 aliphatic heterocycles. The van der Waals surface area contributed by atoms with Crippen molar-refractivity contribution in [1.29, 1.82) is 0 Å². The highest BCUT2D eigenvalue weighted by molar-refractivity contribution is 7.15. The Balaban J connectivity index is 1.63. The van der Waals surface area contributed by atoms with E-state index in [1.807, 2.05) is 24.3 Å². The Labute approximate surface area is 162 Å². The van der Waals surface area contributed by atoms with E-state index in [-0.39, 0.29) is 5.75 Å². The number of rotatable bonds is 4. The fourth-order valence-corrected chi connectivity index (χ4v) is 3.44. The van der Waals surface area contributed by atoms with E-state index in [9.17, 15) is 4.79 Å². The van der Waals surface area contributed by atoms with Crippen LogP contribution < -0.4 is 10.1 Å². The Morgan fingerprint density at radius 1 is 1.08 bits per heavy atom. The summed E-state index contributed by atoms with van der Waals surface area (Å²) < 4.78 is 5.13. The molecule has 3 aromatic rings. The Morgan fingerprint density at radius 2 is 1.80 bits per heavy atom. The third-order valence-corrected chi connectivity index (χ3v) is 4.67. The summed E-state index contributed by atoms with van der Waals surface area (Å²) in [4.78, 5) is 11.9. The van der Waals surface area contributed by atoms with Gasteiger partial charge in [0.2, 0.25) is 5.13 Å². The molecule has 0 bridgehead atoms. The molecule has 0 aliphatic carbocycles. The largest absolute Gasteiger partial charge is 0.418 e. The van der Waals surface area contributed by atoms with Crippen molar-refractivity contribution in [3.63, 3.8) is 0 Å². The van der Waals surface area contributed by atoms with Crippen molar-refractivity contribution in [2.24, 2.45) is 0 Å². The third kappa shape index (κ3) is 5.06. The molecule has 5 nitrogen and oxygen atoms in total. The van der Waals surface area contributed by atoms with Gasteiger partial charge < -0.3 is 4.74 Å². The van der Waals surface area contributed by atoms with Crippen LogP contribution in [0.15, 0.2) is 42.5 Å². The molecule has 1 N–H and O–H groups in total. The van der Waals surface area contributed by atoms with Crippen molar-refractivity contribution < 1.29 is 9.53 Å². The average Bonchev–Trinajstić information content (AvgIpc) is 2.95. The van der Waals surface area contributed by atoms with Crippen molar-refractivity contribution in [3.8, 4) is 5.75 Å². The lowest BCUT2D eigenvalue weighted by atomic mass is 10.2. The maximum Gasteiger partial charge on any atom is 0.418 e. The molecule has 9 heteroatoms. The molecule has 0 atom stereocenters. The predicted octanol–water partition coefficient (Wildman–Crippen LogP) is 5.70. The molecule has 0 saturated carbocycles. The first kappa shape index (κ1) is 17.9. The molecule has 1 aromatic heterocycles. The second-order valence-corrected chi connectivity index (χ2v) is 7.23. The number of carbonyl (C=O) groups is 1. The molecule has 1 heterocycles. The van der Waals surface area contributed by atoms with Crippen LogP contribution in [0.25, 0.3) is 0 Å². The predicted molar refractivity (Wildman–Crippen MR) is 100 cm³/mol. The summed E-state index contributed by atoms with van der Waals surface area (Å²) in [7, 11) is 0. The molecule has 25 heavy (non-hydrogen) atoms. The number of amides is 1. The van der Waals surface area contributed by atoms with Crippen LogP contribution in [0.3, 0.4) is 0 Å². The number of carbonyl (C=O) groups excluding carboxylic acids is 1. The number of hydrogen-bond acceptors (Lipinski definition) is 5. The number of nitrogens with zero attached hydrogens (tertiary/aromatic N) is 2. The normalized spacial score (nSPS) is 10.5. The fraction of sp³-hybridized carbons (Fsp3) is 0.0625. The number of anilines is 1. The maximum atomic E-state index is 11.9. The van der Waals surface area contributed by atoms with E-state index >= 15 is 0 Å². The zero-order chi connectivity index (χ0) is 17.8. The lowest BCUT2D eigenvalue weighted by Crippen LogP contribution is -2.16. The van der Waals surface area contributed by atoms with Gasteiger partial charge in [-0.25, -0.2) is 4.79 Å². The zero-order valence-electron chi connectivity index (χ0n) is 12.5. The third-order valence-electron chi connectivity index (χ3n) is 3.02. The highest BCUT2D eigenvalue weighted by Gasteiger charge is 2.12. The summed E-state index contributed by atoms with van der Waals surface area (Å²) >= 11 is 19.1. The minimum atomic E-state index is -0.709. The van der Waals surface area contributed by atoms with E-state index in [0.717, 1.165) is 5.56 Å². The minimum absolute atomic E-state index is 0.232. The fourth-order valence-electron chi connectivity index (χ4n) is 1.99. The van der Waals surface area contributed by atoms with Crippen molar-refractivity contribution in [2.45, 2.75) is 6.42 Å². The first-order chi connectivity index (χ1) is 12.0. The number of benzene rings is 2. The second-order valence-electron chi connectivity index (χ2n) is 4.89. The van der Waals surface area contributed by atoms with E-state index in [1.165, 1.54) is 23.5 Å². The van der Waals surface area contributed by atoms with Crippen LogP contribution in [-0.4, -0.2) is 16.3 Å². The van der Waals surface area contributed by atoms with Gasteiger partial charge in [0.1, 0.15) is 10.8 Å². The summed E-state index contributed by atoms with van der Waals surface area (Å²) in [5, 5.41) is 12.9. The molecule has 0 spiro atoms. The Kier molecular flexibility index (Phi) is 5.75. The Bertz CT molecular complexity index is 897. The van der Waals surface area contributed by atoms with Crippen molar-refractivity contribution in [3.05, 3.63) is 68.1 Å². The molecule has 0 radical (unpaired) electrons. The molecular weight excluding hydrogens is 405 g/mol. The molecule has 2 aromatic carbocycles. The number of hydrogen-bond donors (Lipinski definition) is 1. The van der Waals surface area contributed by atoms with Crippen molar-refractivity contribution in [2.75, 3.05) is 5.32 Å². The van der Waals surface area contributed by atoms with Gasteiger partial charge in [0, 0.05) is 21.5 Å². The molecule has 3 rings (SSSR count). The summed E-state index contributed by atoms with van der Waals surface area (Å²) in [6.07, 6.45) is -0.184. The van der Waals surface area contributed by atoms with Gasteiger partial charge in [-0.1, -0.05) is 64.3 Å². The van der Waals surface area contributed by atoms with Crippen LogP contribution in [-0.2, 0) is 6.42 Å². The molecule has 0 fully saturated rings. The SMILES string of the molecule is O=C(Nc1nnc(Cc2ccccc2Cl)s1)Oc1cc(Cl)cc(Cl)c1. The quantitative estimate of drug-likeness (QED) is 0.595. The lowest BCUT2D eigenvalue weighted by molar-refractivity contribution is 0.215. The number of nitrogens with one attached hydrogen (secondary N) is 1. The van der Waals surface area contributed by atoms with E-state index in [1.54, 1.807) is 6.07 Å². The van der Waals surface area contributed by atoms with Gasteiger partial charge in [-0.2, -0.15) is 0 Å². The molecule has 1 amide bonds. The van der Waals surface area contributed by atoms with Gasteiger partial charge in [-0.15, -0.1) is 10.2 Å². The summed E-state index contributed by atoms with van der Waals surface area (Å²) in [6, 6.07) is 12.0. The summed E-state index contributed by atoms with van der Waals surface area (Å²) in [6.45, 7) is 0. The van der Waals surface area contributed by atoms with Crippen LogP contribution >= 0.6 is 46.1 Å². The number of halogens is 3. The average molecular weight is 415 g/mol. The standard InChI is InChI=1S/C16H10Cl3N3O2S/c17-10-6-11(18)8-12(7-10)24-16(23)20-15-22-21-14(25-15)5-9-3-1-2-4-13(9)19/h1-4,6-8H,5H2,(H,20,22,23). The van der Waals surface area contributed by atoms with E-state index in [4.69, 9.17) is 39.5 Å². The smallest absolute Gasteiger partial charge is 0.410 e. The first-order valence-corrected chi connectivity index (χ1v) is 8.95. The number of aromatic nitrogens is 2. The lowest BCUT2D eigenvalue weighted by Gasteiger charge is -2.05. The molecule has 0 saturated heterocycles. The highest BCUT2D eigenvalue weighted by atomic mass is 35.5. The van der Waals surface area contributed by atoms with Gasteiger partial charge >= 0.3 is 6.09 Å². The molecule has 128 valence electrons. The van der Waals surface area contributed by atoms with Crippen LogP contribution in [0.4, 0.5) is 9.93 Å². The second kappa shape index (κ2) is 8.01. The highest BCUT2D eigenvalue weighted by Crippen LogP contribution is 2.25. The van der Waals surface area contributed by atoms with Crippen LogP contribution in [0, 0.1) is 0 Å². The van der Waals surface area contributed by atoms with Crippen molar-refractivity contribution >= 4 is 57.4 Å². The van der Waals surface area contributed by atoms with Gasteiger partial charge in [0.05, 0.1) is 0 Å². The van der Waals surface area contributed by atoms with Crippen molar-refractivity contribution in [1.82, 2.24) is 10.2 Å². The van der Waals surface area contributed by atoms with E-state index in [2.05, 4.69) is 15.5 Å². The minimum Gasteiger partial charge on any atom is -0.410 e. The zero-order valence-corrected chi connectivity index (χ0v) is 15.6. The van der Waals surface area contributed by atoms with Gasteiger partial charge in [0.15, 0.2) is 0 Å². The molecule has 0 unspecified atom stereocenters. The van der Waals surface area contributed by atoms with Crippen LogP contribution in [0.2, 0.25) is 15.1 Å². The first-order valence-electron chi connectivity index (χ1n) is 7.00. The monoisotopic (exact) mass is 413 g/mol. The van der Waals surface area contributed by atoms with Gasteiger partial charge in [0.25, 0.3) is 0 Å². The Morgan fingerprint density at radius 3 is 2.52 bits per heavy atom. The van der Waals surface area contributed by atoms with Gasteiger partial charge in [-0.3, -0.25) is 5.32 Å². The van der Waals surface area contributed by atoms with Crippen LogP contribution in [0.1, 0.15) is 10.6 Å². The summed E-state index contributed by atoms with van der Waals surface area (Å²) in [5.41, 5.74) is 0.933. The topological polar surface area (TPSA) is 64.1 Å².